The summed E-state index contributed by atoms with van der Waals surface area (Å²) in [6.07, 6.45) is 1.38. The maximum atomic E-state index is 14.1. The Morgan fingerprint density at radius 3 is 1.83 bits per heavy atom. The van der Waals surface area contributed by atoms with Crippen molar-refractivity contribution in [2.75, 3.05) is 54.1 Å². The molecule has 1 aliphatic rings. The fourth-order valence-electron chi connectivity index (χ4n) is 4.67. The molecule has 0 spiro atoms. The van der Waals surface area contributed by atoms with E-state index in [4.69, 9.17) is 18.9 Å². The zero-order valence-electron chi connectivity index (χ0n) is 23.4. The monoisotopic (exact) mass is 566 g/mol. The Morgan fingerprint density at radius 2 is 1.32 bits per heavy atom. The minimum absolute atomic E-state index is 0.233. The van der Waals surface area contributed by atoms with Crippen LogP contribution < -0.4 is 18.9 Å². The molecule has 0 N–H and O–H groups in total. The highest BCUT2D eigenvalue weighted by Crippen LogP contribution is 2.38. The van der Waals surface area contributed by atoms with Crippen molar-refractivity contribution in [3.05, 3.63) is 89.0 Å². The van der Waals surface area contributed by atoms with Crippen LogP contribution in [0.1, 0.15) is 28.4 Å². The molecule has 8 nitrogen and oxygen atoms in total. The quantitative estimate of drug-likeness (QED) is 0.346. The highest BCUT2D eigenvalue weighted by atomic mass is 19.1. The Morgan fingerprint density at radius 1 is 0.756 bits per heavy atom. The van der Waals surface area contributed by atoms with Gasteiger partial charge < -0.3 is 28.7 Å². The number of ether oxygens (including phenoxy) is 4. The fraction of sp³-hybridized carbons (Fsp3) is 0.290. The van der Waals surface area contributed by atoms with Gasteiger partial charge in [-0.05, 0) is 60.0 Å². The number of nitrogens with zero attached hydrogens (tertiary/aromatic N) is 2. The Hall–Kier alpha value is -4.60. The van der Waals surface area contributed by atoms with Crippen LogP contribution >= 0.6 is 0 Å². The zero-order chi connectivity index (χ0) is 29.5. The third-order valence-corrected chi connectivity index (χ3v) is 6.71. The molecule has 0 saturated carbocycles. The van der Waals surface area contributed by atoms with Crippen LogP contribution in [0.5, 0.6) is 23.0 Å². The van der Waals surface area contributed by atoms with Crippen LogP contribution in [0.25, 0.3) is 5.57 Å². The second-order valence-electron chi connectivity index (χ2n) is 9.21. The molecule has 41 heavy (non-hydrogen) atoms. The van der Waals surface area contributed by atoms with Crippen molar-refractivity contribution in [1.29, 1.82) is 0 Å². The highest BCUT2D eigenvalue weighted by molar-refractivity contribution is 6.00. The van der Waals surface area contributed by atoms with Gasteiger partial charge in [0, 0.05) is 43.9 Å². The third-order valence-electron chi connectivity index (χ3n) is 6.71. The summed E-state index contributed by atoms with van der Waals surface area (Å²) in [5.74, 6) is -0.313. The molecule has 2 amide bonds. The summed E-state index contributed by atoms with van der Waals surface area (Å²) in [4.78, 5) is 29.9. The molecule has 10 heteroatoms. The van der Waals surface area contributed by atoms with E-state index >= 15 is 0 Å². The number of hydrogen-bond acceptors (Lipinski definition) is 6. The average Bonchev–Trinajstić information content (AvgIpc) is 2.98. The predicted molar refractivity (Wildman–Crippen MR) is 150 cm³/mol. The average molecular weight is 567 g/mol. The number of amides is 2. The molecule has 1 aliphatic heterocycles. The van der Waals surface area contributed by atoms with Gasteiger partial charge in [-0.3, -0.25) is 9.59 Å². The number of methoxy groups -OCH3 is 3. The SMILES string of the molecule is CCOc1ccc(C(=CC(=O)N2CCN(C(=O)c3cc(OC)c(OC)c(OC)c3)CC2)c2cc(F)cc(F)c2)cc1. The molecule has 1 saturated heterocycles. The zero-order valence-corrected chi connectivity index (χ0v) is 23.4. The number of rotatable bonds is 9. The number of halogens is 2. The van der Waals surface area contributed by atoms with Crippen LogP contribution in [0, 0.1) is 11.6 Å². The maximum Gasteiger partial charge on any atom is 0.254 e. The second-order valence-corrected chi connectivity index (χ2v) is 9.21. The molecule has 3 aromatic carbocycles. The van der Waals surface area contributed by atoms with Crippen molar-refractivity contribution in [3.8, 4) is 23.0 Å². The Kier molecular flexibility index (Phi) is 9.44. The first-order valence-corrected chi connectivity index (χ1v) is 13.1. The number of carbonyl (C=O) groups excluding carboxylic acids is 2. The van der Waals surface area contributed by atoms with E-state index in [0.717, 1.165) is 6.07 Å². The highest BCUT2D eigenvalue weighted by Gasteiger charge is 2.26. The molecule has 0 unspecified atom stereocenters. The molecule has 4 rings (SSSR count). The fourth-order valence-corrected chi connectivity index (χ4v) is 4.67. The molecular weight excluding hydrogens is 534 g/mol. The van der Waals surface area contributed by atoms with Gasteiger partial charge in [0.25, 0.3) is 5.91 Å². The van der Waals surface area contributed by atoms with Crippen LogP contribution in [0.2, 0.25) is 0 Å². The molecule has 0 bridgehead atoms. The van der Waals surface area contributed by atoms with E-state index in [1.807, 2.05) is 6.92 Å². The standard InChI is InChI=1S/C31H32F2N2O6/c1-5-41-25-8-6-20(7-9-25)26(21-14-23(32)18-24(33)15-21)19-29(36)34-10-12-35(13-11-34)31(37)22-16-27(38-2)30(40-4)28(17-22)39-3/h6-9,14-19H,5,10-13H2,1-4H3. The number of hydrogen-bond donors (Lipinski definition) is 0. The molecule has 0 radical (unpaired) electrons. The Bertz CT molecular complexity index is 1390. The van der Waals surface area contributed by atoms with E-state index < -0.39 is 11.6 Å². The molecule has 1 fully saturated rings. The normalized spacial score (nSPS) is 13.6. The van der Waals surface area contributed by atoms with Gasteiger partial charge in [-0.25, -0.2) is 8.78 Å². The molecule has 1 heterocycles. The number of piperazine rings is 1. The third kappa shape index (κ3) is 6.77. The lowest BCUT2D eigenvalue weighted by Gasteiger charge is -2.34. The van der Waals surface area contributed by atoms with Crippen LogP contribution in [-0.4, -0.2) is 75.7 Å². The second kappa shape index (κ2) is 13.2. The van der Waals surface area contributed by atoms with Gasteiger partial charge in [-0.2, -0.15) is 0 Å². The maximum absolute atomic E-state index is 14.1. The molecule has 0 atom stereocenters. The number of carbonyl (C=O) groups is 2. The largest absolute Gasteiger partial charge is 0.494 e. The summed E-state index contributed by atoms with van der Waals surface area (Å²) >= 11 is 0. The van der Waals surface area contributed by atoms with E-state index in [0.29, 0.717) is 59.4 Å². The first kappa shape index (κ1) is 29.4. The molecule has 0 aliphatic carbocycles. The van der Waals surface area contributed by atoms with Crippen LogP contribution in [0.3, 0.4) is 0 Å². The van der Waals surface area contributed by atoms with Gasteiger partial charge in [-0.1, -0.05) is 12.1 Å². The van der Waals surface area contributed by atoms with Crippen molar-refractivity contribution >= 4 is 17.4 Å². The summed E-state index contributed by atoms with van der Waals surface area (Å²) in [7, 11) is 4.44. The van der Waals surface area contributed by atoms with Crippen LogP contribution in [-0.2, 0) is 4.79 Å². The molecule has 0 aromatic heterocycles. The minimum atomic E-state index is -0.747. The van der Waals surface area contributed by atoms with Crippen molar-refractivity contribution in [2.45, 2.75) is 6.92 Å². The van der Waals surface area contributed by atoms with Crippen molar-refractivity contribution in [2.24, 2.45) is 0 Å². The van der Waals surface area contributed by atoms with Gasteiger partial charge in [0.1, 0.15) is 17.4 Å². The smallest absolute Gasteiger partial charge is 0.254 e. The van der Waals surface area contributed by atoms with Crippen LogP contribution in [0.4, 0.5) is 8.78 Å². The first-order chi connectivity index (χ1) is 19.8. The van der Waals surface area contributed by atoms with E-state index in [2.05, 4.69) is 0 Å². The first-order valence-electron chi connectivity index (χ1n) is 13.1. The summed E-state index contributed by atoms with van der Waals surface area (Å²) in [5, 5.41) is 0. The number of benzene rings is 3. The Labute approximate surface area is 237 Å². The van der Waals surface area contributed by atoms with Gasteiger partial charge >= 0.3 is 0 Å². The molecule has 3 aromatic rings. The Balaban J connectivity index is 1.54. The molecule has 216 valence electrons. The molecular formula is C31H32F2N2O6. The lowest BCUT2D eigenvalue weighted by molar-refractivity contribution is -0.127. The summed E-state index contributed by atoms with van der Waals surface area (Å²) < 4.78 is 49.8. The van der Waals surface area contributed by atoms with Crippen molar-refractivity contribution < 1.29 is 37.3 Å². The van der Waals surface area contributed by atoms with Gasteiger partial charge in [0.15, 0.2) is 11.5 Å². The van der Waals surface area contributed by atoms with Gasteiger partial charge in [-0.15, -0.1) is 0 Å². The van der Waals surface area contributed by atoms with Crippen LogP contribution in [0.15, 0.2) is 60.7 Å². The van der Waals surface area contributed by atoms with E-state index in [9.17, 15) is 18.4 Å². The van der Waals surface area contributed by atoms with Gasteiger partial charge in [0.2, 0.25) is 11.7 Å². The summed E-state index contributed by atoms with van der Waals surface area (Å²) in [5.41, 5.74) is 1.57. The van der Waals surface area contributed by atoms with E-state index in [-0.39, 0.29) is 30.5 Å². The van der Waals surface area contributed by atoms with Gasteiger partial charge in [0.05, 0.1) is 27.9 Å². The minimum Gasteiger partial charge on any atom is -0.494 e. The van der Waals surface area contributed by atoms with Crippen molar-refractivity contribution in [3.63, 3.8) is 0 Å². The van der Waals surface area contributed by atoms with Crippen molar-refractivity contribution in [1.82, 2.24) is 9.80 Å². The lowest BCUT2D eigenvalue weighted by Crippen LogP contribution is -2.50. The predicted octanol–water partition coefficient (Wildman–Crippen LogP) is 4.81. The summed E-state index contributed by atoms with van der Waals surface area (Å²) in [6.45, 7) is 3.50. The van der Waals surface area contributed by atoms with E-state index in [1.54, 1.807) is 46.2 Å². The van der Waals surface area contributed by atoms with E-state index in [1.165, 1.54) is 39.5 Å². The topological polar surface area (TPSA) is 77.5 Å². The summed E-state index contributed by atoms with van der Waals surface area (Å²) in [6, 6.07) is 13.3. The lowest BCUT2D eigenvalue weighted by atomic mass is 9.96.